The fourth-order valence-electron chi connectivity index (χ4n) is 2.24. The molecule has 0 unspecified atom stereocenters. The third-order valence-electron chi connectivity index (χ3n) is 3.50. The molecule has 0 heterocycles. The lowest BCUT2D eigenvalue weighted by Gasteiger charge is -2.09. The third-order valence-corrected chi connectivity index (χ3v) is 3.74. The molecule has 0 radical (unpaired) electrons. The first-order chi connectivity index (χ1) is 11.5. The normalized spacial score (nSPS) is 10.2. The van der Waals surface area contributed by atoms with Crippen molar-refractivity contribution in [3.63, 3.8) is 0 Å². The Balaban J connectivity index is 1.81. The van der Waals surface area contributed by atoms with E-state index in [2.05, 4.69) is 10.6 Å². The number of nitro benzene ring substituents is 1. The number of nitro groups is 1. The van der Waals surface area contributed by atoms with E-state index in [4.69, 9.17) is 11.6 Å². The Morgan fingerprint density at radius 2 is 1.96 bits per heavy atom. The van der Waals surface area contributed by atoms with Crippen LogP contribution >= 0.6 is 11.6 Å². The van der Waals surface area contributed by atoms with Crippen molar-refractivity contribution in [3.05, 3.63) is 68.7 Å². The van der Waals surface area contributed by atoms with Gasteiger partial charge >= 0.3 is 0 Å². The van der Waals surface area contributed by atoms with E-state index in [1.54, 1.807) is 18.2 Å². The molecule has 0 aliphatic rings. The third kappa shape index (κ3) is 4.70. The van der Waals surface area contributed by atoms with Crippen LogP contribution in [0, 0.1) is 17.0 Å². The van der Waals surface area contributed by atoms with Crippen LogP contribution in [0.2, 0.25) is 5.02 Å². The smallest absolute Gasteiger partial charge is 0.293 e. The first-order valence-corrected chi connectivity index (χ1v) is 7.88. The first kappa shape index (κ1) is 17.7. The van der Waals surface area contributed by atoms with Crippen LogP contribution in [-0.2, 0) is 0 Å². The number of aryl methyl sites for hydroxylation is 1. The van der Waals surface area contributed by atoms with Gasteiger partial charge in [-0.25, -0.2) is 0 Å². The first-order valence-electron chi connectivity index (χ1n) is 7.50. The van der Waals surface area contributed by atoms with Crippen molar-refractivity contribution >= 4 is 28.9 Å². The van der Waals surface area contributed by atoms with Crippen LogP contribution < -0.4 is 10.6 Å². The van der Waals surface area contributed by atoms with Gasteiger partial charge in [-0.2, -0.15) is 0 Å². The maximum atomic E-state index is 12.0. The number of halogens is 1. The summed E-state index contributed by atoms with van der Waals surface area (Å²) in [5.74, 6) is -0.120. The molecule has 126 valence electrons. The number of amides is 1. The van der Waals surface area contributed by atoms with Gasteiger partial charge in [0.1, 0.15) is 5.69 Å². The lowest BCUT2D eigenvalue weighted by molar-refractivity contribution is -0.383. The molecule has 0 bridgehead atoms. The van der Waals surface area contributed by atoms with Gasteiger partial charge in [0.15, 0.2) is 0 Å². The van der Waals surface area contributed by atoms with E-state index in [9.17, 15) is 14.9 Å². The average Bonchev–Trinajstić information content (AvgIpc) is 2.55. The summed E-state index contributed by atoms with van der Waals surface area (Å²) in [5, 5.41) is 17.1. The molecule has 1 amide bonds. The number of carbonyl (C=O) groups is 1. The summed E-state index contributed by atoms with van der Waals surface area (Å²) in [6.45, 7) is 2.86. The standard InChI is InChI=1S/C17H18ClN3O3/c1-12-5-2-3-6-14(12)17(22)20-10-4-9-19-15-8-7-13(18)11-16(15)21(23)24/h2-3,5-8,11,19H,4,9-10H2,1H3,(H,20,22). The van der Waals surface area contributed by atoms with Crippen molar-refractivity contribution in [1.82, 2.24) is 5.32 Å². The Bertz CT molecular complexity index is 750. The quantitative estimate of drug-likeness (QED) is 0.453. The monoisotopic (exact) mass is 347 g/mol. The predicted molar refractivity (Wildman–Crippen MR) is 94.7 cm³/mol. The molecule has 7 heteroatoms. The summed E-state index contributed by atoms with van der Waals surface area (Å²) in [5.41, 5.74) is 1.92. The van der Waals surface area contributed by atoms with E-state index in [-0.39, 0.29) is 11.6 Å². The van der Waals surface area contributed by atoms with Crippen LogP contribution in [0.1, 0.15) is 22.3 Å². The Morgan fingerprint density at radius 1 is 1.21 bits per heavy atom. The molecule has 2 N–H and O–H groups in total. The molecule has 0 saturated carbocycles. The molecule has 0 aromatic heterocycles. The van der Waals surface area contributed by atoms with E-state index < -0.39 is 4.92 Å². The van der Waals surface area contributed by atoms with Gasteiger partial charge in [-0.05, 0) is 37.1 Å². The summed E-state index contributed by atoms with van der Waals surface area (Å²) in [6.07, 6.45) is 0.636. The Labute approximate surface area is 145 Å². The molecule has 2 aromatic carbocycles. The number of nitrogens with one attached hydrogen (secondary N) is 2. The summed E-state index contributed by atoms with van der Waals surface area (Å²) in [6, 6.07) is 11.8. The minimum atomic E-state index is -0.478. The maximum absolute atomic E-state index is 12.0. The number of hydrogen-bond donors (Lipinski definition) is 2. The minimum Gasteiger partial charge on any atom is -0.379 e. The molecular weight excluding hydrogens is 330 g/mol. The van der Waals surface area contributed by atoms with Crippen molar-refractivity contribution in [2.45, 2.75) is 13.3 Å². The van der Waals surface area contributed by atoms with Crippen molar-refractivity contribution in [2.75, 3.05) is 18.4 Å². The highest BCUT2D eigenvalue weighted by Gasteiger charge is 2.13. The second kappa shape index (κ2) is 8.31. The van der Waals surface area contributed by atoms with Crippen molar-refractivity contribution < 1.29 is 9.72 Å². The number of nitrogens with zero attached hydrogens (tertiary/aromatic N) is 1. The largest absolute Gasteiger partial charge is 0.379 e. The van der Waals surface area contributed by atoms with Gasteiger partial charge in [-0.3, -0.25) is 14.9 Å². The molecule has 2 aromatic rings. The van der Waals surface area contributed by atoms with Gasteiger partial charge < -0.3 is 10.6 Å². The Hall–Kier alpha value is -2.60. The van der Waals surface area contributed by atoms with Gasteiger partial charge in [0.2, 0.25) is 0 Å². The zero-order chi connectivity index (χ0) is 17.5. The molecule has 2 rings (SSSR count). The van der Waals surface area contributed by atoms with Crippen LogP contribution in [0.3, 0.4) is 0 Å². The fourth-order valence-corrected chi connectivity index (χ4v) is 2.41. The highest BCUT2D eigenvalue weighted by atomic mass is 35.5. The topological polar surface area (TPSA) is 84.3 Å². The summed E-state index contributed by atoms with van der Waals surface area (Å²) in [7, 11) is 0. The Morgan fingerprint density at radius 3 is 2.67 bits per heavy atom. The lowest BCUT2D eigenvalue weighted by atomic mass is 10.1. The summed E-state index contributed by atoms with van der Waals surface area (Å²) < 4.78 is 0. The molecule has 0 aliphatic heterocycles. The van der Waals surface area contributed by atoms with E-state index in [0.717, 1.165) is 5.56 Å². The number of hydrogen-bond acceptors (Lipinski definition) is 4. The van der Waals surface area contributed by atoms with Crippen LogP contribution in [0.4, 0.5) is 11.4 Å². The minimum absolute atomic E-state index is 0.0635. The predicted octanol–water partition coefficient (Wildman–Crippen LogP) is 3.79. The molecule has 0 atom stereocenters. The molecule has 0 aliphatic carbocycles. The van der Waals surface area contributed by atoms with Crippen molar-refractivity contribution in [1.29, 1.82) is 0 Å². The molecular formula is C17H18ClN3O3. The zero-order valence-corrected chi connectivity index (χ0v) is 14.0. The van der Waals surface area contributed by atoms with E-state index in [1.165, 1.54) is 6.07 Å². The molecule has 6 nitrogen and oxygen atoms in total. The van der Waals surface area contributed by atoms with Crippen LogP contribution in [0.25, 0.3) is 0 Å². The number of benzene rings is 2. The van der Waals surface area contributed by atoms with E-state index in [0.29, 0.717) is 35.8 Å². The highest BCUT2D eigenvalue weighted by Crippen LogP contribution is 2.27. The van der Waals surface area contributed by atoms with E-state index in [1.807, 2.05) is 25.1 Å². The van der Waals surface area contributed by atoms with E-state index >= 15 is 0 Å². The summed E-state index contributed by atoms with van der Waals surface area (Å²) >= 11 is 5.77. The van der Waals surface area contributed by atoms with Crippen LogP contribution in [-0.4, -0.2) is 23.9 Å². The zero-order valence-electron chi connectivity index (χ0n) is 13.2. The summed E-state index contributed by atoms with van der Waals surface area (Å²) in [4.78, 5) is 22.6. The second-order valence-electron chi connectivity index (χ2n) is 5.27. The van der Waals surface area contributed by atoms with Crippen molar-refractivity contribution in [3.8, 4) is 0 Å². The van der Waals surface area contributed by atoms with Gasteiger partial charge in [-0.1, -0.05) is 29.8 Å². The number of rotatable bonds is 7. The van der Waals surface area contributed by atoms with Gasteiger partial charge in [0.05, 0.1) is 4.92 Å². The number of carbonyl (C=O) groups excluding carboxylic acids is 1. The van der Waals surface area contributed by atoms with Gasteiger partial charge in [0, 0.05) is 29.7 Å². The molecule has 0 spiro atoms. The van der Waals surface area contributed by atoms with Crippen LogP contribution in [0.15, 0.2) is 42.5 Å². The highest BCUT2D eigenvalue weighted by molar-refractivity contribution is 6.30. The van der Waals surface area contributed by atoms with Crippen LogP contribution in [0.5, 0.6) is 0 Å². The molecule has 0 saturated heterocycles. The SMILES string of the molecule is Cc1ccccc1C(=O)NCCCNc1ccc(Cl)cc1[N+](=O)[O-]. The Kier molecular flexibility index (Phi) is 6.14. The average molecular weight is 348 g/mol. The maximum Gasteiger partial charge on any atom is 0.293 e. The van der Waals surface area contributed by atoms with Gasteiger partial charge in [0.25, 0.3) is 11.6 Å². The van der Waals surface area contributed by atoms with Crippen molar-refractivity contribution in [2.24, 2.45) is 0 Å². The number of anilines is 1. The molecule has 24 heavy (non-hydrogen) atoms. The molecule has 0 fully saturated rings. The lowest BCUT2D eigenvalue weighted by Crippen LogP contribution is -2.26. The van der Waals surface area contributed by atoms with Gasteiger partial charge in [-0.15, -0.1) is 0 Å². The fraction of sp³-hybridized carbons (Fsp3) is 0.235. The second-order valence-corrected chi connectivity index (χ2v) is 5.71.